The van der Waals surface area contributed by atoms with Gasteiger partial charge in [0.15, 0.2) is 5.13 Å². The van der Waals surface area contributed by atoms with Crippen molar-refractivity contribution in [1.82, 2.24) is 4.98 Å². The lowest BCUT2D eigenvalue weighted by Crippen LogP contribution is -2.15. The van der Waals surface area contributed by atoms with Crippen LogP contribution in [0, 0.1) is 13.8 Å². The number of aryl methyl sites for hydroxylation is 2. The summed E-state index contributed by atoms with van der Waals surface area (Å²) in [7, 11) is 0. The van der Waals surface area contributed by atoms with Crippen LogP contribution in [0.3, 0.4) is 0 Å². The Bertz CT molecular complexity index is 842. The van der Waals surface area contributed by atoms with Crippen molar-refractivity contribution in [2.75, 3.05) is 11.9 Å². The molecule has 3 rings (SSSR count). The number of nitrogens with zero attached hydrogens (tertiary/aromatic N) is 1. The molecule has 0 atom stereocenters. The number of aromatic nitrogens is 1. The van der Waals surface area contributed by atoms with E-state index in [1.54, 1.807) is 0 Å². The van der Waals surface area contributed by atoms with Gasteiger partial charge in [0.25, 0.3) is 0 Å². The standard InChI is InChI=1S/C18H18N2O2S/c1-12-6-3-4-8-14(12)22-11-10-16(21)19-18-20-17-13(2)7-5-9-15(17)23-18/h3-9H,10-11H2,1-2H3,(H,19,20,21). The van der Waals surface area contributed by atoms with Crippen molar-refractivity contribution in [3.05, 3.63) is 53.6 Å². The van der Waals surface area contributed by atoms with Gasteiger partial charge in [-0.1, -0.05) is 41.7 Å². The molecule has 5 heteroatoms. The number of fused-ring (bicyclic) bond motifs is 1. The van der Waals surface area contributed by atoms with E-state index in [0.29, 0.717) is 18.2 Å². The van der Waals surface area contributed by atoms with Crippen molar-refractivity contribution in [1.29, 1.82) is 0 Å². The molecule has 1 aromatic heterocycles. The third-order valence-electron chi connectivity index (χ3n) is 3.55. The molecule has 0 fully saturated rings. The Hall–Kier alpha value is -2.40. The van der Waals surface area contributed by atoms with Gasteiger partial charge in [-0.3, -0.25) is 4.79 Å². The molecule has 1 heterocycles. The average Bonchev–Trinajstić information content (AvgIpc) is 2.93. The van der Waals surface area contributed by atoms with Gasteiger partial charge in [0.2, 0.25) is 5.91 Å². The maximum Gasteiger partial charge on any atom is 0.229 e. The highest BCUT2D eigenvalue weighted by atomic mass is 32.1. The van der Waals surface area contributed by atoms with Crippen LogP contribution >= 0.6 is 11.3 Å². The summed E-state index contributed by atoms with van der Waals surface area (Å²) < 4.78 is 6.73. The van der Waals surface area contributed by atoms with Crippen molar-refractivity contribution in [3.63, 3.8) is 0 Å². The summed E-state index contributed by atoms with van der Waals surface area (Å²) in [5.74, 6) is 0.728. The van der Waals surface area contributed by atoms with Crippen molar-refractivity contribution in [2.24, 2.45) is 0 Å². The number of thiazole rings is 1. The highest BCUT2D eigenvalue weighted by Gasteiger charge is 2.09. The Balaban J connectivity index is 1.56. The van der Waals surface area contributed by atoms with Gasteiger partial charge in [-0.05, 0) is 37.1 Å². The first-order valence-electron chi connectivity index (χ1n) is 7.48. The van der Waals surface area contributed by atoms with Gasteiger partial charge in [0.05, 0.1) is 23.2 Å². The Kier molecular flexibility index (Phi) is 4.57. The molecule has 0 bridgehead atoms. The van der Waals surface area contributed by atoms with E-state index in [1.807, 2.05) is 56.3 Å². The number of carbonyl (C=O) groups excluding carboxylic acids is 1. The minimum absolute atomic E-state index is 0.0877. The van der Waals surface area contributed by atoms with Gasteiger partial charge >= 0.3 is 0 Å². The Morgan fingerprint density at radius 3 is 2.70 bits per heavy atom. The van der Waals surface area contributed by atoms with Crippen LogP contribution in [0.4, 0.5) is 5.13 Å². The molecule has 0 aliphatic heterocycles. The summed E-state index contributed by atoms with van der Waals surface area (Å²) in [4.78, 5) is 16.5. The van der Waals surface area contributed by atoms with E-state index in [1.165, 1.54) is 11.3 Å². The smallest absolute Gasteiger partial charge is 0.229 e. The average molecular weight is 326 g/mol. The van der Waals surface area contributed by atoms with Gasteiger partial charge < -0.3 is 10.1 Å². The van der Waals surface area contributed by atoms with Crippen LogP contribution in [-0.2, 0) is 4.79 Å². The van der Waals surface area contributed by atoms with Gasteiger partial charge in [-0.2, -0.15) is 0 Å². The van der Waals surface area contributed by atoms with E-state index in [-0.39, 0.29) is 5.91 Å². The fourth-order valence-electron chi connectivity index (χ4n) is 2.29. The number of rotatable bonds is 5. The molecule has 0 radical (unpaired) electrons. The Labute approximate surface area is 139 Å². The SMILES string of the molecule is Cc1ccccc1OCCC(=O)Nc1nc2c(C)cccc2s1. The lowest BCUT2D eigenvalue weighted by atomic mass is 10.2. The number of hydrogen-bond acceptors (Lipinski definition) is 4. The van der Waals surface area contributed by atoms with Gasteiger partial charge in [0.1, 0.15) is 5.75 Å². The maximum atomic E-state index is 12.0. The van der Waals surface area contributed by atoms with E-state index in [2.05, 4.69) is 10.3 Å². The summed E-state index contributed by atoms with van der Waals surface area (Å²) in [6.07, 6.45) is 0.295. The molecular weight excluding hydrogens is 308 g/mol. The fraction of sp³-hybridized carbons (Fsp3) is 0.222. The zero-order valence-electron chi connectivity index (χ0n) is 13.1. The zero-order chi connectivity index (χ0) is 16.2. The summed E-state index contributed by atoms with van der Waals surface area (Å²) >= 11 is 1.49. The van der Waals surface area contributed by atoms with Crippen LogP contribution in [0.5, 0.6) is 5.75 Å². The first-order valence-corrected chi connectivity index (χ1v) is 8.29. The molecule has 2 aromatic carbocycles. The summed E-state index contributed by atoms with van der Waals surface area (Å²) in [6, 6.07) is 13.8. The summed E-state index contributed by atoms with van der Waals surface area (Å²) in [6.45, 7) is 4.35. The maximum absolute atomic E-state index is 12.0. The van der Waals surface area contributed by atoms with Crippen LogP contribution in [0.15, 0.2) is 42.5 Å². The molecule has 0 saturated heterocycles. The lowest BCUT2D eigenvalue weighted by molar-refractivity contribution is -0.116. The zero-order valence-corrected chi connectivity index (χ0v) is 13.9. The third-order valence-corrected chi connectivity index (χ3v) is 4.48. The second-order valence-electron chi connectivity index (χ2n) is 5.35. The minimum atomic E-state index is -0.0877. The molecule has 0 unspecified atom stereocenters. The van der Waals surface area contributed by atoms with E-state index in [9.17, 15) is 4.79 Å². The van der Waals surface area contributed by atoms with E-state index in [0.717, 1.165) is 27.1 Å². The summed E-state index contributed by atoms with van der Waals surface area (Å²) in [5, 5.41) is 3.48. The molecule has 23 heavy (non-hydrogen) atoms. The van der Waals surface area contributed by atoms with Gasteiger partial charge in [0, 0.05) is 0 Å². The molecule has 1 amide bonds. The van der Waals surface area contributed by atoms with Crippen LogP contribution in [0.2, 0.25) is 0 Å². The quantitative estimate of drug-likeness (QED) is 0.759. The normalized spacial score (nSPS) is 10.7. The van der Waals surface area contributed by atoms with E-state index >= 15 is 0 Å². The van der Waals surface area contributed by atoms with Crippen LogP contribution in [0.1, 0.15) is 17.5 Å². The number of amides is 1. The second kappa shape index (κ2) is 6.79. The number of hydrogen-bond donors (Lipinski definition) is 1. The molecule has 118 valence electrons. The Morgan fingerprint density at radius 1 is 1.13 bits per heavy atom. The summed E-state index contributed by atoms with van der Waals surface area (Å²) in [5.41, 5.74) is 3.13. The van der Waals surface area contributed by atoms with Crippen LogP contribution in [0.25, 0.3) is 10.2 Å². The van der Waals surface area contributed by atoms with Crippen molar-refractivity contribution >= 4 is 32.6 Å². The van der Waals surface area contributed by atoms with Gasteiger partial charge in [-0.25, -0.2) is 4.98 Å². The molecule has 3 aromatic rings. The Morgan fingerprint density at radius 2 is 1.91 bits per heavy atom. The number of para-hydroxylation sites is 2. The number of anilines is 1. The first-order chi connectivity index (χ1) is 11.1. The number of carbonyl (C=O) groups is 1. The van der Waals surface area contributed by atoms with Crippen molar-refractivity contribution < 1.29 is 9.53 Å². The molecule has 0 aliphatic carbocycles. The van der Waals surface area contributed by atoms with Crippen LogP contribution < -0.4 is 10.1 Å². The van der Waals surface area contributed by atoms with E-state index < -0.39 is 0 Å². The molecule has 0 aliphatic rings. The van der Waals surface area contributed by atoms with Gasteiger partial charge in [-0.15, -0.1) is 0 Å². The second-order valence-corrected chi connectivity index (χ2v) is 6.38. The highest BCUT2D eigenvalue weighted by Crippen LogP contribution is 2.27. The highest BCUT2D eigenvalue weighted by molar-refractivity contribution is 7.22. The molecule has 4 nitrogen and oxygen atoms in total. The lowest BCUT2D eigenvalue weighted by Gasteiger charge is -2.08. The monoisotopic (exact) mass is 326 g/mol. The third kappa shape index (κ3) is 3.68. The fourth-order valence-corrected chi connectivity index (χ4v) is 3.25. The first kappa shape index (κ1) is 15.5. The number of benzene rings is 2. The van der Waals surface area contributed by atoms with Crippen molar-refractivity contribution in [2.45, 2.75) is 20.3 Å². The molecule has 1 N–H and O–H groups in total. The predicted molar refractivity (Wildman–Crippen MR) is 94.3 cm³/mol. The van der Waals surface area contributed by atoms with Crippen molar-refractivity contribution in [3.8, 4) is 5.75 Å². The number of ether oxygens (including phenoxy) is 1. The molecular formula is C18H18N2O2S. The number of nitrogens with one attached hydrogen (secondary N) is 1. The topological polar surface area (TPSA) is 51.2 Å². The predicted octanol–water partition coefficient (Wildman–Crippen LogP) is 4.32. The van der Waals surface area contributed by atoms with Crippen LogP contribution in [-0.4, -0.2) is 17.5 Å². The minimum Gasteiger partial charge on any atom is -0.493 e. The molecule has 0 spiro atoms. The van der Waals surface area contributed by atoms with E-state index in [4.69, 9.17) is 4.74 Å². The molecule has 0 saturated carbocycles. The largest absolute Gasteiger partial charge is 0.493 e.